The Morgan fingerprint density at radius 2 is 2.30 bits per heavy atom. The fraction of sp³-hybridized carbons (Fsp3) is 0.400. The fourth-order valence-corrected chi connectivity index (χ4v) is 5.43. The van der Waals surface area contributed by atoms with Crippen LogP contribution >= 0.6 is 23.5 Å². The van der Waals surface area contributed by atoms with Crippen LogP contribution in [-0.4, -0.2) is 43.5 Å². The largest absolute Gasteiger partial charge is 0.477 e. The number of carboxylic acids is 1. The predicted octanol–water partition coefficient (Wildman–Crippen LogP) is 1.87. The lowest BCUT2D eigenvalue weighted by molar-refractivity contribution is -0.157. The van der Waals surface area contributed by atoms with Crippen molar-refractivity contribution in [3.63, 3.8) is 0 Å². The molecule has 1 fully saturated rings. The first kappa shape index (κ1) is 16.4. The number of aliphatic carboxylic acids is 1. The highest BCUT2D eigenvalue weighted by Crippen LogP contribution is 2.54. The number of carbonyl (C=O) groups is 2. The molecule has 2 aliphatic rings. The molecule has 3 heterocycles. The Labute approximate surface area is 142 Å². The van der Waals surface area contributed by atoms with E-state index in [9.17, 15) is 19.8 Å². The van der Waals surface area contributed by atoms with Gasteiger partial charge in [-0.3, -0.25) is 14.7 Å². The van der Waals surface area contributed by atoms with Crippen LogP contribution in [0.4, 0.5) is 0 Å². The number of hydrogen-bond donors (Lipinski definition) is 2. The number of pyridine rings is 1. The number of thioether (sulfide) groups is 2. The summed E-state index contributed by atoms with van der Waals surface area (Å²) in [7, 11) is 0. The quantitative estimate of drug-likeness (QED) is 0.755. The Morgan fingerprint density at radius 3 is 2.91 bits per heavy atom. The van der Waals surface area contributed by atoms with Crippen LogP contribution in [0, 0.1) is 5.92 Å². The topological polar surface area (TPSA) is 90.7 Å². The summed E-state index contributed by atoms with van der Waals surface area (Å²) < 4.78 is 0.604. The molecule has 1 saturated heterocycles. The van der Waals surface area contributed by atoms with Gasteiger partial charge in [0.05, 0.1) is 22.0 Å². The Morgan fingerprint density at radius 1 is 1.52 bits per heavy atom. The van der Waals surface area contributed by atoms with Crippen molar-refractivity contribution in [1.29, 1.82) is 0 Å². The van der Waals surface area contributed by atoms with Gasteiger partial charge in [-0.25, -0.2) is 4.79 Å². The van der Waals surface area contributed by atoms with Gasteiger partial charge in [0.2, 0.25) is 5.91 Å². The van der Waals surface area contributed by atoms with E-state index in [1.807, 2.05) is 25.1 Å². The summed E-state index contributed by atoms with van der Waals surface area (Å²) in [5.74, 6) is -1.40. The lowest BCUT2D eigenvalue weighted by Crippen LogP contribution is -2.61. The first-order chi connectivity index (χ1) is 11.0. The molecule has 0 radical (unpaired) electrons. The molecule has 1 aromatic heterocycles. The van der Waals surface area contributed by atoms with Crippen molar-refractivity contribution in [2.24, 2.45) is 5.92 Å². The zero-order valence-corrected chi connectivity index (χ0v) is 14.0. The van der Waals surface area contributed by atoms with Gasteiger partial charge in [-0.05, 0) is 18.6 Å². The van der Waals surface area contributed by atoms with Gasteiger partial charge in [-0.1, -0.05) is 24.8 Å². The summed E-state index contributed by atoms with van der Waals surface area (Å²) in [4.78, 5) is 29.3. The van der Waals surface area contributed by atoms with E-state index >= 15 is 0 Å². The molecule has 122 valence electrons. The minimum atomic E-state index is -1.11. The number of amides is 1. The number of carboxylic acid groups (broad SMARTS) is 1. The molecule has 8 heteroatoms. The highest BCUT2D eigenvalue weighted by atomic mass is 32.2. The van der Waals surface area contributed by atoms with E-state index in [4.69, 9.17) is 0 Å². The third-order valence-corrected chi connectivity index (χ3v) is 6.55. The molecule has 1 amide bonds. The van der Waals surface area contributed by atoms with E-state index in [1.165, 1.54) is 28.4 Å². The van der Waals surface area contributed by atoms with E-state index < -0.39 is 18.0 Å². The van der Waals surface area contributed by atoms with E-state index in [2.05, 4.69) is 4.98 Å². The first-order valence-electron chi connectivity index (χ1n) is 7.22. The van der Waals surface area contributed by atoms with Gasteiger partial charge in [0.15, 0.2) is 5.70 Å². The maximum atomic E-state index is 12.2. The van der Waals surface area contributed by atoms with Crippen molar-refractivity contribution in [2.75, 3.05) is 0 Å². The van der Waals surface area contributed by atoms with Crippen molar-refractivity contribution in [3.05, 3.63) is 40.0 Å². The maximum absolute atomic E-state index is 12.2. The third-order valence-electron chi connectivity index (χ3n) is 3.86. The SMILES string of the molecule is CC[C@H](O)[C@@H]1C(=O)N2C(C(=O)O)=C(SCc3ccccn3)S[C@H]12. The normalized spacial score (nSPS) is 24.4. The Hall–Kier alpha value is -1.51. The van der Waals surface area contributed by atoms with Gasteiger partial charge < -0.3 is 10.2 Å². The summed E-state index contributed by atoms with van der Waals surface area (Å²) >= 11 is 2.72. The van der Waals surface area contributed by atoms with Gasteiger partial charge in [0.1, 0.15) is 5.37 Å². The number of β-lactam (4-membered cyclic amide) rings is 1. The Kier molecular flexibility index (Phi) is 4.65. The van der Waals surface area contributed by atoms with Crippen molar-refractivity contribution >= 4 is 35.4 Å². The van der Waals surface area contributed by atoms with Crippen LogP contribution in [0.3, 0.4) is 0 Å². The smallest absolute Gasteiger partial charge is 0.354 e. The summed E-state index contributed by atoms with van der Waals surface area (Å²) in [5, 5.41) is 19.1. The molecule has 3 atom stereocenters. The molecule has 3 rings (SSSR count). The molecule has 0 aromatic carbocycles. The van der Waals surface area contributed by atoms with E-state index in [0.29, 0.717) is 16.4 Å². The molecule has 0 bridgehead atoms. The Balaban J connectivity index is 1.77. The zero-order valence-electron chi connectivity index (χ0n) is 12.4. The highest BCUT2D eigenvalue weighted by Gasteiger charge is 2.58. The van der Waals surface area contributed by atoms with Crippen LogP contribution in [0.1, 0.15) is 19.0 Å². The summed E-state index contributed by atoms with van der Waals surface area (Å²) in [6.45, 7) is 1.81. The number of fused-ring (bicyclic) bond motifs is 1. The van der Waals surface area contributed by atoms with Crippen LogP contribution in [0.25, 0.3) is 0 Å². The molecule has 23 heavy (non-hydrogen) atoms. The van der Waals surface area contributed by atoms with Crippen LogP contribution < -0.4 is 0 Å². The van der Waals surface area contributed by atoms with Crippen LogP contribution in [0.2, 0.25) is 0 Å². The molecule has 0 aliphatic carbocycles. The van der Waals surface area contributed by atoms with E-state index in [0.717, 1.165) is 5.69 Å². The molecular weight excluding hydrogens is 336 g/mol. The van der Waals surface area contributed by atoms with Gasteiger partial charge in [0, 0.05) is 11.9 Å². The number of aliphatic hydroxyl groups is 1. The first-order valence-corrected chi connectivity index (χ1v) is 9.09. The second-order valence-electron chi connectivity index (χ2n) is 5.27. The van der Waals surface area contributed by atoms with Gasteiger partial charge in [-0.15, -0.1) is 11.8 Å². The van der Waals surface area contributed by atoms with Crippen LogP contribution in [0.5, 0.6) is 0 Å². The Bertz CT molecular complexity index is 665. The third kappa shape index (κ3) is 2.86. The molecule has 6 nitrogen and oxygen atoms in total. The number of aliphatic hydroxyl groups excluding tert-OH is 1. The van der Waals surface area contributed by atoms with Crippen molar-refractivity contribution < 1.29 is 19.8 Å². The van der Waals surface area contributed by atoms with E-state index in [1.54, 1.807) is 6.20 Å². The highest BCUT2D eigenvalue weighted by molar-refractivity contribution is 8.22. The molecular formula is C15H16N2O4S2. The lowest BCUT2D eigenvalue weighted by atomic mass is 9.90. The number of nitrogens with zero attached hydrogens (tertiary/aromatic N) is 2. The lowest BCUT2D eigenvalue weighted by Gasteiger charge is -2.44. The van der Waals surface area contributed by atoms with Gasteiger partial charge in [0.25, 0.3) is 0 Å². The average molecular weight is 352 g/mol. The summed E-state index contributed by atoms with van der Waals surface area (Å²) in [5.41, 5.74) is 0.881. The average Bonchev–Trinajstić information content (AvgIpc) is 2.88. The summed E-state index contributed by atoms with van der Waals surface area (Å²) in [6.07, 6.45) is 1.43. The van der Waals surface area contributed by atoms with Crippen LogP contribution in [-0.2, 0) is 15.3 Å². The van der Waals surface area contributed by atoms with Crippen molar-refractivity contribution in [3.8, 4) is 0 Å². The predicted molar refractivity (Wildman–Crippen MR) is 88.2 cm³/mol. The molecule has 0 saturated carbocycles. The molecule has 1 aromatic rings. The number of aromatic nitrogens is 1. The van der Waals surface area contributed by atoms with E-state index in [-0.39, 0.29) is 17.0 Å². The van der Waals surface area contributed by atoms with Gasteiger partial charge in [-0.2, -0.15) is 0 Å². The number of rotatable bonds is 6. The maximum Gasteiger partial charge on any atom is 0.354 e. The van der Waals surface area contributed by atoms with Gasteiger partial charge >= 0.3 is 5.97 Å². The molecule has 2 aliphatic heterocycles. The molecule has 2 N–H and O–H groups in total. The molecule has 0 spiro atoms. The van der Waals surface area contributed by atoms with Crippen molar-refractivity contribution in [1.82, 2.24) is 9.88 Å². The number of carbonyl (C=O) groups excluding carboxylic acids is 1. The fourth-order valence-electron chi connectivity index (χ4n) is 2.64. The second kappa shape index (κ2) is 6.54. The monoisotopic (exact) mass is 352 g/mol. The van der Waals surface area contributed by atoms with Crippen molar-refractivity contribution in [2.45, 2.75) is 30.6 Å². The summed E-state index contributed by atoms with van der Waals surface area (Å²) in [6, 6.07) is 5.57. The minimum absolute atomic E-state index is 0.0329. The van der Waals surface area contributed by atoms with Crippen LogP contribution in [0.15, 0.2) is 34.3 Å². The zero-order chi connectivity index (χ0) is 16.6. The minimum Gasteiger partial charge on any atom is -0.477 e. The number of hydrogen-bond acceptors (Lipinski definition) is 6. The molecule has 0 unspecified atom stereocenters. The second-order valence-corrected chi connectivity index (χ2v) is 7.64. The standard InChI is InChI=1S/C15H16N2O4S2/c1-2-9(18)10-12(19)17-11(14(20)21)15(23-13(10)17)22-7-8-5-3-4-6-16-8/h3-6,9-10,13,18H,2,7H2,1H3,(H,20,21)/t9-,10+,13+/m0/s1.